The highest BCUT2D eigenvalue weighted by atomic mass is 16.5. The molecule has 0 radical (unpaired) electrons. The van der Waals surface area contributed by atoms with Crippen LogP contribution in [0.2, 0.25) is 0 Å². The minimum Gasteiger partial charge on any atom is -0.348 e. The molecule has 2 aromatic heterocycles. The number of carbonyl (C=O) groups is 1. The summed E-state index contributed by atoms with van der Waals surface area (Å²) in [5.74, 6) is 0.0310. The first kappa shape index (κ1) is 15.0. The molecule has 0 aliphatic heterocycles. The molecule has 118 valence electrons. The van der Waals surface area contributed by atoms with Crippen molar-refractivity contribution in [2.24, 2.45) is 0 Å². The van der Waals surface area contributed by atoms with Gasteiger partial charge >= 0.3 is 11.8 Å². The number of amides is 1. The Morgan fingerprint density at radius 2 is 2.30 bits per heavy atom. The molecule has 23 heavy (non-hydrogen) atoms. The van der Waals surface area contributed by atoms with Crippen LogP contribution in [-0.4, -0.2) is 32.1 Å². The van der Waals surface area contributed by atoms with Gasteiger partial charge in [0.1, 0.15) is 0 Å². The molecule has 3 aromatic rings. The molecular formula is C16H17N5O2. The van der Waals surface area contributed by atoms with Crippen LogP contribution in [0.15, 0.2) is 47.5 Å². The predicted octanol–water partition coefficient (Wildman–Crippen LogP) is 2.06. The van der Waals surface area contributed by atoms with Crippen molar-refractivity contribution in [3.63, 3.8) is 0 Å². The Balaban J connectivity index is 1.54. The van der Waals surface area contributed by atoms with E-state index in [1.807, 2.05) is 42.0 Å². The molecule has 0 aliphatic rings. The second kappa shape index (κ2) is 6.87. The molecule has 1 N–H and O–H groups in total. The van der Waals surface area contributed by atoms with Crippen molar-refractivity contribution in [2.75, 3.05) is 6.54 Å². The van der Waals surface area contributed by atoms with Gasteiger partial charge in [0.05, 0.1) is 6.33 Å². The quantitative estimate of drug-likeness (QED) is 0.704. The van der Waals surface area contributed by atoms with Gasteiger partial charge in [0.15, 0.2) is 0 Å². The van der Waals surface area contributed by atoms with E-state index in [-0.39, 0.29) is 11.8 Å². The largest absolute Gasteiger partial charge is 0.348 e. The summed E-state index contributed by atoms with van der Waals surface area (Å²) in [6.45, 7) is 3.30. The Morgan fingerprint density at radius 3 is 3.09 bits per heavy atom. The molecule has 0 atom stereocenters. The first-order valence-electron chi connectivity index (χ1n) is 7.37. The topological polar surface area (TPSA) is 85.8 Å². The average molecular weight is 311 g/mol. The van der Waals surface area contributed by atoms with E-state index in [1.165, 1.54) is 0 Å². The molecule has 2 heterocycles. The summed E-state index contributed by atoms with van der Waals surface area (Å²) in [6, 6.07) is 7.72. The number of hydrogen-bond acceptors (Lipinski definition) is 5. The predicted molar refractivity (Wildman–Crippen MR) is 83.6 cm³/mol. The van der Waals surface area contributed by atoms with Crippen molar-refractivity contribution in [2.45, 2.75) is 19.9 Å². The highest BCUT2D eigenvalue weighted by Crippen LogP contribution is 2.16. The molecule has 0 saturated heterocycles. The summed E-state index contributed by atoms with van der Waals surface area (Å²) in [5.41, 5.74) is 1.92. The van der Waals surface area contributed by atoms with Crippen LogP contribution in [0.3, 0.4) is 0 Å². The van der Waals surface area contributed by atoms with E-state index >= 15 is 0 Å². The first-order chi connectivity index (χ1) is 11.2. The SMILES string of the molecule is Cc1cccc(-c2noc(C(=O)NCCCn3ccnc3)n2)c1. The Labute approximate surface area is 133 Å². The monoisotopic (exact) mass is 311 g/mol. The van der Waals surface area contributed by atoms with E-state index in [9.17, 15) is 4.79 Å². The number of nitrogens with one attached hydrogen (secondary N) is 1. The third-order valence-electron chi connectivity index (χ3n) is 3.33. The molecule has 7 nitrogen and oxygen atoms in total. The van der Waals surface area contributed by atoms with Crippen molar-refractivity contribution in [3.05, 3.63) is 54.4 Å². The Bertz CT molecular complexity index is 779. The van der Waals surface area contributed by atoms with Gasteiger partial charge in [-0.1, -0.05) is 28.9 Å². The number of aromatic nitrogens is 4. The van der Waals surface area contributed by atoms with Gasteiger partial charge in [-0.15, -0.1) is 0 Å². The lowest BCUT2D eigenvalue weighted by Gasteiger charge is -2.02. The van der Waals surface area contributed by atoms with Gasteiger partial charge in [0.25, 0.3) is 0 Å². The van der Waals surface area contributed by atoms with E-state index in [0.29, 0.717) is 12.4 Å². The van der Waals surface area contributed by atoms with E-state index in [2.05, 4.69) is 20.4 Å². The van der Waals surface area contributed by atoms with Crippen molar-refractivity contribution in [3.8, 4) is 11.4 Å². The van der Waals surface area contributed by atoms with Crippen molar-refractivity contribution in [1.82, 2.24) is 25.0 Å². The van der Waals surface area contributed by atoms with Gasteiger partial charge in [0, 0.05) is 31.0 Å². The molecule has 0 fully saturated rings. The van der Waals surface area contributed by atoms with Crippen molar-refractivity contribution < 1.29 is 9.32 Å². The Hall–Kier alpha value is -2.96. The summed E-state index contributed by atoms with van der Waals surface area (Å²) >= 11 is 0. The summed E-state index contributed by atoms with van der Waals surface area (Å²) in [4.78, 5) is 20.1. The second-order valence-electron chi connectivity index (χ2n) is 5.20. The number of nitrogens with zero attached hydrogens (tertiary/aromatic N) is 4. The molecule has 1 amide bonds. The third kappa shape index (κ3) is 3.82. The molecule has 0 spiro atoms. The number of aryl methyl sites for hydroxylation is 2. The van der Waals surface area contributed by atoms with Crippen LogP contribution in [0.5, 0.6) is 0 Å². The molecule has 0 bridgehead atoms. The van der Waals surface area contributed by atoms with Crippen molar-refractivity contribution >= 4 is 5.91 Å². The standard InChI is InChI=1S/C16H17N5O2/c1-12-4-2-5-13(10-12)14-19-16(23-20-14)15(22)18-6-3-8-21-9-7-17-11-21/h2,4-5,7,9-11H,3,6,8H2,1H3,(H,18,22). The number of imidazole rings is 1. The molecule has 0 aliphatic carbocycles. The van der Waals surface area contributed by atoms with Gasteiger partial charge in [-0.05, 0) is 19.4 Å². The maximum absolute atomic E-state index is 12.0. The van der Waals surface area contributed by atoms with Gasteiger partial charge in [-0.25, -0.2) is 4.98 Å². The zero-order valence-electron chi connectivity index (χ0n) is 12.8. The number of rotatable bonds is 6. The minimum atomic E-state index is -0.359. The normalized spacial score (nSPS) is 10.7. The smallest absolute Gasteiger partial charge is 0.316 e. The van der Waals surface area contributed by atoms with E-state index in [0.717, 1.165) is 24.1 Å². The average Bonchev–Trinajstić information content (AvgIpc) is 3.23. The molecule has 7 heteroatoms. The summed E-state index contributed by atoms with van der Waals surface area (Å²) in [6.07, 6.45) is 6.15. The van der Waals surface area contributed by atoms with E-state index in [4.69, 9.17) is 4.52 Å². The first-order valence-corrected chi connectivity index (χ1v) is 7.37. The molecular weight excluding hydrogens is 294 g/mol. The summed E-state index contributed by atoms with van der Waals surface area (Å²) < 4.78 is 6.99. The number of benzene rings is 1. The van der Waals surface area contributed by atoms with Gasteiger partial charge < -0.3 is 14.4 Å². The fourth-order valence-electron chi connectivity index (χ4n) is 2.18. The van der Waals surface area contributed by atoms with Crippen LogP contribution < -0.4 is 5.32 Å². The van der Waals surface area contributed by atoms with Crippen LogP contribution in [0.25, 0.3) is 11.4 Å². The third-order valence-corrected chi connectivity index (χ3v) is 3.33. The second-order valence-corrected chi connectivity index (χ2v) is 5.20. The Morgan fingerprint density at radius 1 is 1.39 bits per heavy atom. The number of hydrogen-bond donors (Lipinski definition) is 1. The molecule has 0 unspecified atom stereocenters. The lowest BCUT2D eigenvalue weighted by atomic mass is 10.1. The Kier molecular flexibility index (Phi) is 4.46. The molecule has 1 aromatic carbocycles. The fourth-order valence-corrected chi connectivity index (χ4v) is 2.18. The van der Waals surface area contributed by atoms with Crippen LogP contribution in [0.4, 0.5) is 0 Å². The maximum atomic E-state index is 12.0. The fraction of sp³-hybridized carbons (Fsp3) is 0.250. The zero-order valence-corrected chi connectivity index (χ0v) is 12.8. The molecule has 3 rings (SSSR count). The van der Waals surface area contributed by atoms with Gasteiger partial charge in [0.2, 0.25) is 5.82 Å². The lowest BCUT2D eigenvalue weighted by molar-refractivity contribution is 0.0909. The van der Waals surface area contributed by atoms with Crippen molar-refractivity contribution in [1.29, 1.82) is 0 Å². The van der Waals surface area contributed by atoms with E-state index < -0.39 is 0 Å². The van der Waals surface area contributed by atoms with Gasteiger partial charge in [-0.3, -0.25) is 4.79 Å². The van der Waals surface area contributed by atoms with Crippen LogP contribution >= 0.6 is 0 Å². The lowest BCUT2D eigenvalue weighted by Crippen LogP contribution is -2.25. The van der Waals surface area contributed by atoms with Crippen LogP contribution in [0, 0.1) is 6.92 Å². The zero-order chi connectivity index (χ0) is 16.1. The minimum absolute atomic E-state index is 0.0239. The maximum Gasteiger partial charge on any atom is 0.316 e. The highest BCUT2D eigenvalue weighted by Gasteiger charge is 2.15. The number of carbonyl (C=O) groups excluding carboxylic acids is 1. The summed E-state index contributed by atoms with van der Waals surface area (Å²) in [5, 5.41) is 6.63. The molecule has 0 saturated carbocycles. The van der Waals surface area contributed by atoms with E-state index in [1.54, 1.807) is 12.5 Å². The van der Waals surface area contributed by atoms with Crippen LogP contribution in [0.1, 0.15) is 22.7 Å². The van der Waals surface area contributed by atoms with Gasteiger partial charge in [-0.2, -0.15) is 4.98 Å². The van der Waals surface area contributed by atoms with Crippen LogP contribution in [-0.2, 0) is 6.54 Å². The summed E-state index contributed by atoms with van der Waals surface area (Å²) in [7, 11) is 0. The highest BCUT2D eigenvalue weighted by molar-refractivity contribution is 5.89.